The fraction of sp³-hybridized carbons (Fsp3) is 0. The largest absolute Gasteiger partial charge is 0.539 e. The topological polar surface area (TPSA) is 53.2 Å². The summed E-state index contributed by atoms with van der Waals surface area (Å²) in [5.41, 5.74) is 5.13. The molecule has 0 aliphatic carbocycles. The predicted molar refractivity (Wildman–Crippen MR) is 97.5 cm³/mol. The van der Waals surface area contributed by atoms with Gasteiger partial charge in [0.2, 0.25) is 5.52 Å². The average Bonchev–Trinajstić information content (AvgIpc) is 3.10. The van der Waals surface area contributed by atoms with Gasteiger partial charge in [-0.1, -0.05) is 72.8 Å². The monoisotopic (exact) mass is 338 g/mol. The van der Waals surface area contributed by atoms with Crippen molar-refractivity contribution in [3.05, 3.63) is 84.9 Å². The van der Waals surface area contributed by atoms with E-state index in [1.807, 2.05) is 66.7 Å². The summed E-state index contributed by atoms with van der Waals surface area (Å²) in [6, 6.07) is 27.9. The number of rotatable bonds is 2. The van der Waals surface area contributed by atoms with Crippen LogP contribution in [0.15, 0.2) is 89.5 Å². The van der Waals surface area contributed by atoms with Gasteiger partial charge in [0.15, 0.2) is 5.95 Å². The van der Waals surface area contributed by atoms with Crippen molar-refractivity contribution < 1.29 is 14.1 Å². The standard InChI is InChI=1S/C22H14N2O2/c25-22-21-20(16-11-5-2-6-12-16)19(15-9-3-1-4-10-15)17-13-7-8-14-18(17)24(21)23-26-22/h1-14H. The Kier molecular flexibility index (Phi) is 3.22. The highest BCUT2D eigenvalue weighted by Crippen LogP contribution is 2.40. The molecule has 0 unspecified atom stereocenters. The molecule has 0 saturated carbocycles. The summed E-state index contributed by atoms with van der Waals surface area (Å²) in [5.74, 6) is -0.438. The van der Waals surface area contributed by atoms with Crippen molar-refractivity contribution >= 4 is 16.4 Å². The average molecular weight is 338 g/mol. The molecule has 0 bridgehead atoms. The summed E-state index contributed by atoms with van der Waals surface area (Å²) in [6.07, 6.45) is 0. The zero-order valence-electron chi connectivity index (χ0n) is 13.8. The van der Waals surface area contributed by atoms with E-state index in [9.17, 15) is 5.11 Å². The summed E-state index contributed by atoms with van der Waals surface area (Å²) >= 11 is 0. The van der Waals surface area contributed by atoms with Crippen LogP contribution in [0.25, 0.3) is 38.7 Å². The molecule has 0 aliphatic heterocycles. The van der Waals surface area contributed by atoms with Crippen molar-refractivity contribution in [1.82, 2.24) is 5.27 Å². The first kappa shape index (κ1) is 14.7. The van der Waals surface area contributed by atoms with Gasteiger partial charge in [-0.05, 0) is 21.7 Å². The van der Waals surface area contributed by atoms with Crippen molar-refractivity contribution in [2.24, 2.45) is 0 Å². The summed E-state index contributed by atoms with van der Waals surface area (Å²) in [7, 11) is 0. The van der Waals surface area contributed by atoms with Crippen LogP contribution in [0.5, 0.6) is 5.95 Å². The van der Waals surface area contributed by atoms with Gasteiger partial charge in [0.05, 0.1) is 16.2 Å². The lowest BCUT2D eigenvalue weighted by Gasteiger charge is -2.12. The number of nitrogens with zero attached hydrogens (tertiary/aromatic N) is 2. The molecular formula is C22H14N2O2. The normalized spacial score (nSPS) is 11.2. The summed E-state index contributed by atoms with van der Waals surface area (Å²) < 4.78 is 6.64. The first-order valence-corrected chi connectivity index (χ1v) is 8.39. The van der Waals surface area contributed by atoms with Gasteiger partial charge in [0.1, 0.15) is 0 Å². The lowest BCUT2D eigenvalue weighted by atomic mass is 9.91. The Labute approximate surface area is 149 Å². The summed E-state index contributed by atoms with van der Waals surface area (Å²) in [5, 5.41) is 17.6. The minimum Gasteiger partial charge on any atom is -0.539 e. The second kappa shape index (κ2) is 5.70. The molecule has 0 atom stereocenters. The van der Waals surface area contributed by atoms with Gasteiger partial charge in [0.25, 0.3) is 5.52 Å². The molecule has 0 radical (unpaired) electrons. The lowest BCUT2D eigenvalue weighted by molar-refractivity contribution is -0.567. The van der Waals surface area contributed by atoms with Crippen LogP contribution in [0.3, 0.4) is 0 Å². The van der Waals surface area contributed by atoms with Crippen LogP contribution < -0.4 is 9.62 Å². The van der Waals surface area contributed by atoms with Crippen molar-refractivity contribution in [1.29, 1.82) is 0 Å². The Morgan fingerprint density at radius 1 is 0.692 bits per heavy atom. The molecule has 26 heavy (non-hydrogen) atoms. The smallest absolute Gasteiger partial charge is 0.272 e. The minimum atomic E-state index is -0.438. The third-order valence-corrected chi connectivity index (χ3v) is 4.62. The first-order chi connectivity index (χ1) is 12.8. The molecule has 5 aromatic rings. The van der Waals surface area contributed by atoms with Crippen LogP contribution >= 0.6 is 0 Å². The molecule has 2 heterocycles. The van der Waals surface area contributed by atoms with E-state index in [2.05, 4.69) is 23.5 Å². The third-order valence-electron chi connectivity index (χ3n) is 4.62. The SMILES string of the molecule is [O-]c1on[n+]2c1c(-c1ccccc1)c(-c1ccccc1)c1ccccc12. The maximum absolute atomic E-state index is 12.6. The quantitative estimate of drug-likeness (QED) is 0.458. The zero-order chi connectivity index (χ0) is 17.5. The van der Waals surface area contributed by atoms with Gasteiger partial charge in [-0.15, -0.1) is 0 Å². The number of pyridine rings is 1. The number of hydrogen-bond donors (Lipinski definition) is 0. The highest BCUT2D eigenvalue weighted by Gasteiger charge is 2.26. The fourth-order valence-corrected chi connectivity index (χ4v) is 3.53. The Morgan fingerprint density at radius 2 is 1.27 bits per heavy atom. The van der Waals surface area contributed by atoms with E-state index in [0.717, 1.165) is 33.2 Å². The van der Waals surface area contributed by atoms with Gasteiger partial charge in [-0.2, -0.15) is 0 Å². The lowest BCUT2D eigenvalue weighted by Crippen LogP contribution is -2.25. The third kappa shape index (κ3) is 2.09. The van der Waals surface area contributed by atoms with Crippen LogP contribution in [0.4, 0.5) is 0 Å². The molecule has 0 amide bonds. The minimum absolute atomic E-state index is 0.438. The van der Waals surface area contributed by atoms with Crippen molar-refractivity contribution in [3.63, 3.8) is 0 Å². The maximum Gasteiger partial charge on any atom is 0.272 e. The van der Waals surface area contributed by atoms with Crippen LogP contribution in [-0.4, -0.2) is 5.27 Å². The van der Waals surface area contributed by atoms with E-state index in [0.29, 0.717) is 5.52 Å². The first-order valence-electron chi connectivity index (χ1n) is 8.39. The van der Waals surface area contributed by atoms with E-state index >= 15 is 0 Å². The van der Waals surface area contributed by atoms with E-state index in [1.54, 1.807) is 4.52 Å². The number of fused-ring (bicyclic) bond motifs is 3. The number of aromatic nitrogens is 2. The molecule has 4 nitrogen and oxygen atoms in total. The molecule has 3 aromatic carbocycles. The van der Waals surface area contributed by atoms with Gasteiger partial charge < -0.3 is 9.63 Å². The fourth-order valence-electron chi connectivity index (χ4n) is 3.53. The van der Waals surface area contributed by atoms with Crippen LogP contribution in [0, 0.1) is 0 Å². The molecule has 2 aromatic heterocycles. The molecule has 124 valence electrons. The van der Waals surface area contributed by atoms with E-state index in [1.165, 1.54) is 0 Å². The Hall–Kier alpha value is -3.66. The maximum atomic E-state index is 12.6. The highest BCUT2D eigenvalue weighted by atomic mass is 16.6. The Morgan fingerprint density at radius 3 is 1.96 bits per heavy atom. The highest BCUT2D eigenvalue weighted by molar-refractivity contribution is 6.06. The number of para-hydroxylation sites is 1. The van der Waals surface area contributed by atoms with Crippen molar-refractivity contribution in [3.8, 4) is 28.2 Å². The second-order valence-corrected chi connectivity index (χ2v) is 6.12. The molecule has 0 aliphatic rings. The number of hydrogen-bond acceptors (Lipinski definition) is 3. The van der Waals surface area contributed by atoms with Crippen molar-refractivity contribution in [2.75, 3.05) is 0 Å². The molecule has 0 spiro atoms. The van der Waals surface area contributed by atoms with Gasteiger partial charge in [0, 0.05) is 11.6 Å². The van der Waals surface area contributed by atoms with Gasteiger partial charge >= 0.3 is 0 Å². The van der Waals surface area contributed by atoms with Crippen LogP contribution in [-0.2, 0) is 0 Å². The summed E-state index contributed by atoms with van der Waals surface area (Å²) in [4.78, 5) is 0. The zero-order valence-corrected chi connectivity index (χ0v) is 13.8. The second-order valence-electron chi connectivity index (χ2n) is 6.12. The van der Waals surface area contributed by atoms with Crippen molar-refractivity contribution in [2.45, 2.75) is 0 Å². The Bertz CT molecular complexity index is 1230. The summed E-state index contributed by atoms with van der Waals surface area (Å²) in [6.45, 7) is 0. The molecule has 0 saturated heterocycles. The van der Waals surface area contributed by atoms with Crippen LogP contribution in [0.1, 0.15) is 0 Å². The van der Waals surface area contributed by atoms with Crippen LogP contribution in [0.2, 0.25) is 0 Å². The predicted octanol–water partition coefficient (Wildman–Crippen LogP) is 3.97. The Balaban J connectivity index is 2.07. The number of benzene rings is 3. The van der Waals surface area contributed by atoms with Gasteiger partial charge in [-0.3, -0.25) is 0 Å². The molecule has 4 heteroatoms. The molecular weight excluding hydrogens is 324 g/mol. The molecule has 0 N–H and O–H groups in total. The molecule has 5 rings (SSSR count). The van der Waals surface area contributed by atoms with E-state index in [4.69, 9.17) is 4.52 Å². The van der Waals surface area contributed by atoms with E-state index in [-0.39, 0.29) is 0 Å². The molecule has 0 fully saturated rings. The van der Waals surface area contributed by atoms with Gasteiger partial charge in [-0.25, -0.2) is 0 Å². The van der Waals surface area contributed by atoms with E-state index < -0.39 is 5.95 Å².